The molecule has 1 aliphatic rings. The Bertz CT molecular complexity index is 703. The molecule has 0 unspecified atom stereocenters. The summed E-state index contributed by atoms with van der Waals surface area (Å²) in [7, 11) is 0. The molecule has 0 aromatic heterocycles. The van der Waals surface area contributed by atoms with Crippen molar-refractivity contribution in [2.45, 2.75) is 39.2 Å². The van der Waals surface area contributed by atoms with Crippen molar-refractivity contribution in [1.82, 2.24) is 5.32 Å². The lowest BCUT2D eigenvalue weighted by Crippen LogP contribution is -2.23. The molecule has 0 radical (unpaired) electrons. The van der Waals surface area contributed by atoms with Crippen molar-refractivity contribution in [3.05, 3.63) is 59.2 Å². The van der Waals surface area contributed by atoms with Crippen LogP contribution in [0.15, 0.2) is 42.5 Å². The van der Waals surface area contributed by atoms with Crippen LogP contribution in [0.2, 0.25) is 0 Å². The van der Waals surface area contributed by atoms with E-state index in [-0.39, 0.29) is 18.6 Å². The number of ether oxygens (including phenoxy) is 1. The number of rotatable bonds is 8. The smallest absolute Gasteiger partial charge is 0.310 e. The second kappa shape index (κ2) is 8.24. The van der Waals surface area contributed by atoms with Crippen LogP contribution in [0.1, 0.15) is 36.0 Å². The topological polar surface area (TPSA) is 72.5 Å². The van der Waals surface area contributed by atoms with Crippen molar-refractivity contribution >= 4 is 17.8 Å². The van der Waals surface area contributed by atoms with Gasteiger partial charge in [0.15, 0.2) is 0 Å². The minimum absolute atomic E-state index is 0.138. The standard InChI is InChI=1S/C19H21NO4/c1-3-4-5-6-14-7-8-15(13(2)9-14)12-24-18(22)11-16-10-17(21)20-19(16)23/h3,7-10H,1,4-6,11-12H2,2H3,(H,20,21,23). The van der Waals surface area contributed by atoms with Crippen LogP contribution < -0.4 is 5.32 Å². The van der Waals surface area contributed by atoms with Crippen molar-refractivity contribution < 1.29 is 19.1 Å². The summed E-state index contributed by atoms with van der Waals surface area (Å²) in [6.45, 7) is 5.84. The van der Waals surface area contributed by atoms with Gasteiger partial charge < -0.3 is 4.74 Å². The molecule has 0 atom stereocenters. The molecule has 0 saturated heterocycles. The van der Waals surface area contributed by atoms with Crippen molar-refractivity contribution in [3.8, 4) is 0 Å². The van der Waals surface area contributed by atoms with Crippen LogP contribution in [0.25, 0.3) is 0 Å². The SMILES string of the molecule is C=CCCCc1ccc(COC(=O)CC2=CC(=O)NC2=O)c(C)c1. The molecule has 2 amide bonds. The molecule has 0 aliphatic carbocycles. The number of carbonyl (C=O) groups is 3. The summed E-state index contributed by atoms with van der Waals surface area (Å²) in [5, 5.41) is 2.10. The second-order valence-corrected chi connectivity index (χ2v) is 5.77. The van der Waals surface area contributed by atoms with Gasteiger partial charge in [-0.15, -0.1) is 6.58 Å². The first kappa shape index (κ1) is 17.7. The number of amides is 2. The van der Waals surface area contributed by atoms with Gasteiger partial charge in [0.25, 0.3) is 11.8 Å². The second-order valence-electron chi connectivity index (χ2n) is 5.77. The molecular formula is C19H21NO4. The third-order valence-electron chi connectivity index (χ3n) is 3.84. The highest BCUT2D eigenvalue weighted by atomic mass is 16.5. The molecule has 126 valence electrons. The molecule has 1 heterocycles. The fraction of sp³-hybridized carbons (Fsp3) is 0.316. The number of benzene rings is 1. The van der Waals surface area contributed by atoms with E-state index in [1.54, 1.807) is 0 Å². The van der Waals surface area contributed by atoms with Crippen LogP contribution in [-0.2, 0) is 32.1 Å². The molecule has 2 rings (SSSR count). The van der Waals surface area contributed by atoms with Crippen LogP contribution in [0.5, 0.6) is 0 Å². The lowest BCUT2D eigenvalue weighted by atomic mass is 10.0. The number of imide groups is 1. The van der Waals surface area contributed by atoms with E-state index in [2.05, 4.69) is 18.0 Å². The first-order valence-corrected chi connectivity index (χ1v) is 7.90. The summed E-state index contributed by atoms with van der Waals surface area (Å²) in [6.07, 6.45) is 5.89. The quantitative estimate of drug-likeness (QED) is 0.345. The summed E-state index contributed by atoms with van der Waals surface area (Å²) in [5.74, 6) is -1.55. The number of allylic oxidation sites excluding steroid dienone is 1. The Balaban J connectivity index is 1.86. The Morgan fingerprint density at radius 3 is 2.75 bits per heavy atom. The summed E-state index contributed by atoms with van der Waals surface area (Å²) < 4.78 is 5.21. The van der Waals surface area contributed by atoms with Gasteiger partial charge in [0.2, 0.25) is 0 Å². The van der Waals surface area contributed by atoms with Gasteiger partial charge in [-0.1, -0.05) is 24.3 Å². The van der Waals surface area contributed by atoms with Gasteiger partial charge in [0.1, 0.15) is 6.61 Å². The monoisotopic (exact) mass is 327 g/mol. The molecule has 0 fully saturated rings. The van der Waals surface area contributed by atoms with Gasteiger partial charge in [0.05, 0.1) is 6.42 Å². The minimum Gasteiger partial charge on any atom is -0.461 e. The predicted molar refractivity (Wildman–Crippen MR) is 90.0 cm³/mol. The Morgan fingerprint density at radius 2 is 2.12 bits per heavy atom. The van der Waals surface area contributed by atoms with E-state index in [9.17, 15) is 14.4 Å². The number of carbonyl (C=O) groups excluding carboxylic acids is 3. The van der Waals surface area contributed by atoms with Gasteiger partial charge in [0, 0.05) is 11.6 Å². The van der Waals surface area contributed by atoms with E-state index < -0.39 is 17.8 Å². The van der Waals surface area contributed by atoms with Gasteiger partial charge in [-0.05, 0) is 42.9 Å². The van der Waals surface area contributed by atoms with Crippen molar-refractivity contribution in [2.24, 2.45) is 0 Å². The first-order valence-electron chi connectivity index (χ1n) is 7.90. The summed E-state index contributed by atoms with van der Waals surface area (Å²) >= 11 is 0. The Kier molecular flexibility index (Phi) is 6.07. The maximum absolute atomic E-state index is 11.8. The van der Waals surface area contributed by atoms with Crippen LogP contribution in [0.4, 0.5) is 0 Å². The van der Waals surface area contributed by atoms with E-state index in [0.29, 0.717) is 0 Å². The average molecular weight is 327 g/mol. The van der Waals surface area contributed by atoms with Crippen molar-refractivity contribution in [3.63, 3.8) is 0 Å². The zero-order valence-corrected chi connectivity index (χ0v) is 13.8. The minimum atomic E-state index is -0.531. The molecule has 5 heteroatoms. The highest BCUT2D eigenvalue weighted by molar-refractivity contribution is 6.17. The fourth-order valence-corrected chi connectivity index (χ4v) is 2.47. The van der Waals surface area contributed by atoms with Crippen LogP contribution in [-0.4, -0.2) is 17.8 Å². The zero-order chi connectivity index (χ0) is 17.5. The molecule has 1 N–H and O–H groups in total. The number of aryl methyl sites for hydroxylation is 2. The average Bonchev–Trinajstić information content (AvgIpc) is 2.84. The highest BCUT2D eigenvalue weighted by Gasteiger charge is 2.23. The molecule has 0 spiro atoms. The van der Waals surface area contributed by atoms with Gasteiger partial charge in [-0.3, -0.25) is 19.7 Å². The molecular weight excluding hydrogens is 306 g/mol. The third-order valence-corrected chi connectivity index (χ3v) is 3.84. The number of hydrogen-bond donors (Lipinski definition) is 1. The Hall–Kier alpha value is -2.69. The van der Waals surface area contributed by atoms with Gasteiger partial charge >= 0.3 is 5.97 Å². The maximum Gasteiger partial charge on any atom is 0.310 e. The maximum atomic E-state index is 11.8. The summed E-state index contributed by atoms with van der Waals surface area (Å²) in [4.78, 5) is 34.2. The van der Waals surface area contributed by atoms with E-state index in [0.717, 1.165) is 36.5 Å². The zero-order valence-electron chi connectivity index (χ0n) is 13.8. The van der Waals surface area contributed by atoms with E-state index in [1.807, 2.05) is 25.1 Å². The van der Waals surface area contributed by atoms with Crippen LogP contribution >= 0.6 is 0 Å². The Labute approximate surface area is 141 Å². The third kappa shape index (κ3) is 4.91. The molecule has 24 heavy (non-hydrogen) atoms. The van der Waals surface area contributed by atoms with E-state index in [1.165, 1.54) is 5.56 Å². The predicted octanol–water partition coefficient (Wildman–Crippen LogP) is 2.52. The summed E-state index contributed by atoms with van der Waals surface area (Å²) in [5.41, 5.74) is 3.37. The molecule has 1 aromatic rings. The van der Waals surface area contributed by atoms with Crippen molar-refractivity contribution in [2.75, 3.05) is 0 Å². The lowest BCUT2D eigenvalue weighted by Gasteiger charge is -2.09. The molecule has 0 saturated carbocycles. The first-order chi connectivity index (χ1) is 11.5. The largest absolute Gasteiger partial charge is 0.461 e. The molecule has 5 nitrogen and oxygen atoms in total. The number of esters is 1. The van der Waals surface area contributed by atoms with E-state index >= 15 is 0 Å². The number of unbranched alkanes of at least 4 members (excludes halogenated alkanes) is 1. The normalized spacial score (nSPS) is 13.5. The lowest BCUT2D eigenvalue weighted by molar-refractivity contribution is -0.144. The number of hydrogen-bond acceptors (Lipinski definition) is 4. The fourth-order valence-electron chi connectivity index (χ4n) is 2.47. The van der Waals surface area contributed by atoms with Crippen molar-refractivity contribution in [1.29, 1.82) is 0 Å². The van der Waals surface area contributed by atoms with Crippen LogP contribution in [0, 0.1) is 6.92 Å². The Morgan fingerprint density at radius 1 is 1.33 bits per heavy atom. The summed E-state index contributed by atoms with van der Waals surface area (Å²) in [6, 6.07) is 6.08. The van der Waals surface area contributed by atoms with Gasteiger partial charge in [-0.25, -0.2) is 0 Å². The van der Waals surface area contributed by atoms with Crippen LogP contribution in [0.3, 0.4) is 0 Å². The highest BCUT2D eigenvalue weighted by Crippen LogP contribution is 2.16. The van der Waals surface area contributed by atoms with E-state index in [4.69, 9.17) is 4.74 Å². The van der Waals surface area contributed by atoms with Gasteiger partial charge in [-0.2, -0.15) is 0 Å². The molecule has 1 aliphatic heterocycles. The number of nitrogens with one attached hydrogen (secondary N) is 1. The molecule has 1 aromatic carbocycles. The molecule has 0 bridgehead atoms.